The summed E-state index contributed by atoms with van der Waals surface area (Å²) in [4.78, 5) is 10.1. The molecule has 0 aliphatic carbocycles. The lowest BCUT2D eigenvalue weighted by atomic mass is 10.2. The molecule has 0 saturated heterocycles. The average Bonchev–Trinajstić information content (AvgIpc) is 2.49. The van der Waals surface area contributed by atoms with Crippen LogP contribution in [-0.2, 0) is 0 Å². The van der Waals surface area contributed by atoms with E-state index < -0.39 is 4.92 Å². The molecule has 0 fully saturated rings. The van der Waals surface area contributed by atoms with Crippen LogP contribution in [0.3, 0.4) is 0 Å². The second kappa shape index (κ2) is 7.14. The highest BCUT2D eigenvalue weighted by Crippen LogP contribution is 2.25. The molecular weight excluding hydrogens is 304 g/mol. The van der Waals surface area contributed by atoms with Gasteiger partial charge in [-0.2, -0.15) is 0 Å². The molecule has 0 unspecified atom stereocenters. The molecule has 0 radical (unpaired) electrons. The van der Waals surface area contributed by atoms with Crippen LogP contribution in [0, 0.1) is 10.1 Å². The van der Waals surface area contributed by atoms with Crippen molar-refractivity contribution in [2.75, 3.05) is 5.32 Å². The second-order valence-corrected chi connectivity index (χ2v) is 4.65. The third-order valence-electron chi connectivity index (χ3n) is 2.65. The summed E-state index contributed by atoms with van der Waals surface area (Å²) in [5.74, 6) is -0.378. The number of nitrogens with one attached hydrogen (secondary N) is 3. The largest absolute Gasteiger partial charge is 0.502 e. The lowest BCUT2D eigenvalue weighted by molar-refractivity contribution is -0.499. The molecule has 0 saturated carbocycles. The van der Waals surface area contributed by atoms with E-state index in [0.29, 0.717) is 10.7 Å². The molecule has 2 aromatic rings. The zero-order chi connectivity index (χ0) is 15.9. The Hall–Kier alpha value is -3.00. The van der Waals surface area contributed by atoms with E-state index in [2.05, 4.69) is 15.8 Å². The van der Waals surface area contributed by atoms with E-state index >= 15 is 0 Å². The van der Waals surface area contributed by atoms with E-state index in [9.17, 15) is 15.2 Å². The van der Waals surface area contributed by atoms with Gasteiger partial charge in [0.2, 0.25) is 5.11 Å². The average molecular weight is 317 g/mol. The Balaban J connectivity index is 1.96. The quantitative estimate of drug-likeness (QED) is 0.287. The predicted molar refractivity (Wildman–Crippen MR) is 86.7 cm³/mol. The van der Waals surface area contributed by atoms with Gasteiger partial charge >= 0.3 is 5.69 Å². The van der Waals surface area contributed by atoms with Crippen LogP contribution in [0.1, 0.15) is 5.56 Å². The van der Waals surface area contributed by atoms with Crippen LogP contribution in [-0.4, -0.2) is 21.4 Å². The van der Waals surface area contributed by atoms with Crippen molar-refractivity contribution in [2.45, 2.75) is 0 Å². The molecule has 7 nitrogen and oxygen atoms in total. The number of rotatable bonds is 4. The van der Waals surface area contributed by atoms with Crippen LogP contribution in [0.4, 0.5) is 11.4 Å². The number of hydrogen-bond acceptors (Lipinski definition) is 4. The zero-order valence-corrected chi connectivity index (χ0v) is 12.1. The highest BCUT2D eigenvalue weighted by molar-refractivity contribution is 7.80. The Morgan fingerprint density at radius 3 is 2.68 bits per heavy atom. The van der Waals surface area contributed by atoms with Gasteiger partial charge in [-0.05, 0) is 36.5 Å². The summed E-state index contributed by atoms with van der Waals surface area (Å²) in [6.07, 6.45) is 1.49. The number of nitro benzene ring substituents is 1. The van der Waals surface area contributed by atoms with Gasteiger partial charge < -0.3 is 10.4 Å². The Morgan fingerprint density at radius 2 is 2.00 bits per heavy atom. The van der Waals surface area contributed by atoms with E-state index in [1.54, 1.807) is 0 Å². The van der Waals surface area contributed by atoms with Crippen molar-refractivity contribution in [1.82, 2.24) is 5.43 Å². The van der Waals surface area contributed by atoms with Crippen LogP contribution in [0.5, 0.6) is 5.75 Å². The van der Waals surface area contributed by atoms with E-state index in [4.69, 9.17) is 12.2 Å². The zero-order valence-electron chi connectivity index (χ0n) is 11.3. The summed E-state index contributed by atoms with van der Waals surface area (Å²) < 4.78 is 0. The number of nitro groups is 1. The first kappa shape index (κ1) is 15.4. The first-order valence-electron chi connectivity index (χ1n) is 6.24. The fourth-order valence-electron chi connectivity index (χ4n) is 1.65. The van der Waals surface area contributed by atoms with Gasteiger partial charge in [0.25, 0.3) is 0 Å². The standard InChI is InChI=1S/C14H12N4O3S/c19-13-7-6-10(8-12(13)18(20)21)9-15-17-14(22)16-11-4-2-1-3-5-11/h1-9,19H,(H2,16,17,22)/p+1. The molecule has 0 heterocycles. The van der Waals surface area contributed by atoms with Crippen LogP contribution in [0.25, 0.3) is 0 Å². The second-order valence-electron chi connectivity index (χ2n) is 4.24. The number of phenols is 1. The molecule has 0 aliphatic rings. The number of phenolic OH excluding ortho intramolecular Hbond substituents is 1. The van der Waals surface area contributed by atoms with Crippen molar-refractivity contribution in [3.63, 3.8) is 0 Å². The van der Waals surface area contributed by atoms with Crippen molar-refractivity contribution in [3.05, 3.63) is 64.2 Å². The lowest BCUT2D eigenvalue weighted by Crippen LogP contribution is -2.82. The molecular formula is C14H13N4O3S+. The van der Waals surface area contributed by atoms with Crippen LogP contribution >= 0.6 is 12.2 Å². The van der Waals surface area contributed by atoms with Gasteiger partial charge in [0.15, 0.2) is 12.0 Å². The van der Waals surface area contributed by atoms with E-state index in [-0.39, 0.29) is 11.4 Å². The van der Waals surface area contributed by atoms with E-state index in [0.717, 1.165) is 5.69 Å². The number of thiocarbonyl (C=S) groups is 1. The van der Waals surface area contributed by atoms with Crippen molar-refractivity contribution in [1.29, 1.82) is 0 Å². The minimum atomic E-state index is -0.651. The summed E-state index contributed by atoms with van der Waals surface area (Å²) >= 11 is 5.09. The van der Waals surface area contributed by atoms with Crippen LogP contribution in [0.15, 0.2) is 48.5 Å². The Kier molecular flexibility index (Phi) is 4.99. The number of hydrogen-bond donors (Lipinski definition) is 4. The number of anilines is 1. The maximum absolute atomic E-state index is 10.7. The molecule has 0 aliphatic heterocycles. The molecule has 0 amide bonds. The topological polar surface area (TPSA) is 101 Å². The monoisotopic (exact) mass is 317 g/mol. The summed E-state index contributed by atoms with van der Waals surface area (Å²) in [7, 11) is 0. The smallest absolute Gasteiger partial charge is 0.311 e. The first-order chi connectivity index (χ1) is 10.6. The Bertz CT molecular complexity index is 719. The number of hydrazone groups is 1. The molecule has 2 aromatic carbocycles. The maximum Gasteiger partial charge on any atom is 0.311 e. The van der Waals surface area contributed by atoms with Gasteiger partial charge in [-0.25, -0.2) is 0 Å². The number of para-hydroxylation sites is 1. The van der Waals surface area contributed by atoms with Gasteiger partial charge in [-0.3, -0.25) is 10.1 Å². The molecule has 0 bridgehead atoms. The van der Waals surface area contributed by atoms with Crippen molar-refractivity contribution < 1.29 is 15.1 Å². The fourth-order valence-corrected chi connectivity index (χ4v) is 1.82. The highest BCUT2D eigenvalue weighted by Gasteiger charge is 2.13. The number of benzene rings is 2. The third-order valence-corrected chi connectivity index (χ3v) is 2.86. The molecule has 22 heavy (non-hydrogen) atoms. The Labute approximate surface area is 131 Å². The maximum atomic E-state index is 10.7. The van der Waals surface area contributed by atoms with Crippen LogP contribution in [0.2, 0.25) is 0 Å². The van der Waals surface area contributed by atoms with Crippen molar-refractivity contribution >= 4 is 34.9 Å². The van der Waals surface area contributed by atoms with E-state index in [1.807, 2.05) is 30.3 Å². The Morgan fingerprint density at radius 1 is 1.27 bits per heavy atom. The molecule has 112 valence electrons. The molecule has 8 heteroatoms. The number of hydrazine groups is 1. The van der Waals surface area contributed by atoms with Gasteiger partial charge in [-0.1, -0.05) is 18.2 Å². The van der Waals surface area contributed by atoms with Crippen molar-refractivity contribution in [3.8, 4) is 5.75 Å². The molecule has 0 atom stereocenters. The first-order valence-corrected chi connectivity index (χ1v) is 6.65. The summed E-state index contributed by atoms with van der Waals surface area (Å²) in [5.41, 5.74) is 3.71. The van der Waals surface area contributed by atoms with Gasteiger partial charge in [-0.15, -0.1) is 10.5 Å². The van der Waals surface area contributed by atoms with Crippen molar-refractivity contribution in [2.24, 2.45) is 0 Å². The predicted octanol–water partition coefficient (Wildman–Crippen LogP) is 0.701. The molecule has 0 spiro atoms. The number of aromatic hydroxyl groups is 1. The summed E-state index contributed by atoms with van der Waals surface area (Å²) in [6.45, 7) is 0. The molecule has 2 rings (SSSR count). The van der Waals surface area contributed by atoms with E-state index in [1.165, 1.54) is 24.4 Å². The SMILES string of the molecule is O=[N+]([O-])c1cc(C=[NH+]NC(=S)Nc2ccccc2)ccc1O. The third kappa shape index (κ3) is 4.25. The van der Waals surface area contributed by atoms with Gasteiger partial charge in [0.05, 0.1) is 4.92 Å². The minimum Gasteiger partial charge on any atom is -0.502 e. The fraction of sp³-hybridized carbons (Fsp3) is 0. The summed E-state index contributed by atoms with van der Waals surface area (Å²) in [6, 6.07) is 13.4. The highest BCUT2D eigenvalue weighted by atomic mass is 32.1. The number of nitrogens with zero attached hydrogens (tertiary/aromatic N) is 1. The normalized spacial score (nSPS) is 10.4. The van der Waals surface area contributed by atoms with Gasteiger partial charge in [0, 0.05) is 17.3 Å². The lowest BCUT2D eigenvalue weighted by Gasteiger charge is -2.03. The molecule has 4 N–H and O–H groups in total. The minimum absolute atomic E-state index is 0.343. The van der Waals surface area contributed by atoms with Crippen LogP contribution < -0.4 is 15.8 Å². The summed E-state index contributed by atoms with van der Waals surface area (Å²) in [5, 5.41) is 26.1. The molecule has 0 aromatic heterocycles. The van der Waals surface area contributed by atoms with Gasteiger partial charge in [0.1, 0.15) is 0 Å².